The van der Waals surface area contributed by atoms with Gasteiger partial charge in [-0.15, -0.1) is 0 Å². The summed E-state index contributed by atoms with van der Waals surface area (Å²) < 4.78 is 2.27. The second-order valence-corrected chi connectivity index (χ2v) is 6.93. The van der Waals surface area contributed by atoms with Crippen LogP contribution >= 0.6 is 0 Å². The van der Waals surface area contributed by atoms with Crippen LogP contribution in [0.25, 0.3) is 0 Å². The molecule has 2 N–H and O–H groups in total. The summed E-state index contributed by atoms with van der Waals surface area (Å²) in [7, 11) is 6.81. The maximum atomic E-state index is 3.37. The minimum atomic E-state index is -1.46. The van der Waals surface area contributed by atoms with Crippen LogP contribution in [0, 0.1) is 0 Å². The van der Waals surface area contributed by atoms with Crippen molar-refractivity contribution in [1.82, 2.24) is 14.5 Å². The molecule has 4 heteroatoms. The number of hydrogen-bond acceptors (Lipinski definition) is 3. The first kappa shape index (κ1) is 10.1. The van der Waals surface area contributed by atoms with Gasteiger partial charge in [-0.25, -0.2) is 0 Å². The Bertz CT molecular complexity index is 82.7. The molecule has 0 fully saturated rings. The van der Waals surface area contributed by atoms with Crippen molar-refractivity contribution in [3.8, 4) is 0 Å². The molecule has 0 amide bonds. The third-order valence-corrected chi connectivity index (χ3v) is 6.31. The second-order valence-electron chi connectivity index (χ2n) is 2.61. The van der Waals surface area contributed by atoms with Crippen molar-refractivity contribution >= 4 is 8.56 Å². The monoisotopic (exact) mass is 161 g/mol. The van der Waals surface area contributed by atoms with E-state index in [-0.39, 0.29) is 0 Å². The average Bonchev–Trinajstić information content (AvgIpc) is 1.92. The van der Waals surface area contributed by atoms with Crippen LogP contribution in [0.15, 0.2) is 0 Å². The van der Waals surface area contributed by atoms with Crippen molar-refractivity contribution < 1.29 is 0 Å². The molecular weight excluding hydrogens is 142 g/mol. The largest absolute Gasteiger partial charge is 0.316 e. The predicted molar refractivity (Wildman–Crippen MR) is 48.0 cm³/mol. The molecule has 0 aromatic heterocycles. The van der Waals surface area contributed by atoms with E-state index >= 15 is 0 Å². The van der Waals surface area contributed by atoms with Crippen molar-refractivity contribution in [2.24, 2.45) is 0 Å². The van der Waals surface area contributed by atoms with Gasteiger partial charge in [0.2, 0.25) is 0 Å². The molecule has 0 spiro atoms. The minimum absolute atomic E-state index is 1.17. The van der Waals surface area contributed by atoms with Crippen molar-refractivity contribution in [2.75, 3.05) is 28.2 Å². The number of hydrogen-bond donors (Lipinski definition) is 2. The first-order valence-corrected chi connectivity index (χ1v) is 5.83. The number of rotatable bonds is 4. The van der Waals surface area contributed by atoms with Crippen LogP contribution in [-0.2, 0) is 0 Å². The Morgan fingerprint density at radius 1 is 1.20 bits per heavy atom. The predicted octanol–water partition coefficient (Wildman–Crippen LogP) is -0.0544. The summed E-state index contributed by atoms with van der Waals surface area (Å²) in [6.45, 7) is 2.21. The van der Waals surface area contributed by atoms with Gasteiger partial charge < -0.3 is 14.5 Å². The summed E-state index contributed by atoms with van der Waals surface area (Å²) in [5.41, 5.74) is 0. The van der Waals surface area contributed by atoms with E-state index in [1.165, 1.54) is 6.04 Å². The fourth-order valence-corrected chi connectivity index (χ4v) is 3.73. The maximum Gasteiger partial charge on any atom is 0.282 e. The standard InChI is InChI=1S/C6H19N3Si/c1-6-10(7-2,8-3)9(4)5/h7-8H,6H2,1-5H3. The van der Waals surface area contributed by atoms with Gasteiger partial charge in [-0.2, -0.15) is 0 Å². The molecule has 0 heterocycles. The van der Waals surface area contributed by atoms with Gasteiger partial charge in [-0.1, -0.05) is 6.92 Å². The van der Waals surface area contributed by atoms with E-state index in [2.05, 4.69) is 35.5 Å². The average molecular weight is 161 g/mol. The molecule has 0 saturated heterocycles. The van der Waals surface area contributed by atoms with E-state index in [4.69, 9.17) is 0 Å². The number of nitrogens with zero attached hydrogens (tertiary/aromatic N) is 1. The zero-order valence-electron chi connectivity index (χ0n) is 7.65. The third kappa shape index (κ3) is 1.79. The Hall–Kier alpha value is 0.0969. The Morgan fingerprint density at radius 2 is 1.60 bits per heavy atom. The van der Waals surface area contributed by atoms with Gasteiger partial charge in [-0.05, 0) is 34.2 Å². The van der Waals surface area contributed by atoms with E-state index in [0.717, 1.165) is 0 Å². The lowest BCUT2D eigenvalue weighted by Gasteiger charge is -2.34. The van der Waals surface area contributed by atoms with Gasteiger partial charge in [0, 0.05) is 0 Å². The van der Waals surface area contributed by atoms with Crippen LogP contribution in [0.5, 0.6) is 0 Å². The molecule has 0 aliphatic heterocycles. The SMILES string of the molecule is CC[Si](NC)(NC)N(C)C. The van der Waals surface area contributed by atoms with Crippen LogP contribution in [0.3, 0.4) is 0 Å². The quantitative estimate of drug-likeness (QED) is 0.566. The van der Waals surface area contributed by atoms with Crippen LogP contribution in [0.2, 0.25) is 6.04 Å². The molecule has 0 aliphatic carbocycles. The summed E-state index contributed by atoms with van der Waals surface area (Å²) >= 11 is 0. The molecule has 0 radical (unpaired) electrons. The second kappa shape index (κ2) is 4.08. The van der Waals surface area contributed by atoms with Crippen LogP contribution in [-0.4, -0.2) is 41.3 Å². The smallest absolute Gasteiger partial charge is 0.282 e. The molecule has 62 valence electrons. The minimum Gasteiger partial charge on any atom is -0.316 e. The lowest BCUT2D eigenvalue weighted by atomic mass is 11.0. The molecule has 0 aromatic carbocycles. The van der Waals surface area contributed by atoms with Gasteiger partial charge >= 0.3 is 0 Å². The van der Waals surface area contributed by atoms with Crippen molar-refractivity contribution in [2.45, 2.75) is 13.0 Å². The molecule has 0 rings (SSSR count). The van der Waals surface area contributed by atoms with Crippen LogP contribution in [0.4, 0.5) is 0 Å². The molecule has 0 aliphatic rings. The molecule has 0 unspecified atom stereocenters. The highest BCUT2D eigenvalue weighted by Crippen LogP contribution is 2.01. The fraction of sp³-hybridized carbons (Fsp3) is 1.00. The van der Waals surface area contributed by atoms with Gasteiger partial charge in [-0.3, -0.25) is 0 Å². The molecule has 0 aromatic rings. The Morgan fingerprint density at radius 3 is 1.60 bits per heavy atom. The highest BCUT2D eigenvalue weighted by atomic mass is 28.4. The summed E-state index contributed by atoms with van der Waals surface area (Å²) in [6, 6.07) is 1.17. The molecule has 0 atom stereocenters. The highest BCUT2D eigenvalue weighted by molar-refractivity contribution is 6.72. The maximum absolute atomic E-state index is 3.37. The first-order valence-electron chi connectivity index (χ1n) is 3.68. The third-order valence-electron chi connectivity index (χ3n) is 2.10. The van der Waals surface area contributed by atoms with E-state index in [1.807, 2.05) is 14.1 Å². The fourth-order valence-electron chi connectivity index (χ4n) is 1.24. The van der Waals surface area contributed by atoms with Gasteiger partial charge in [0.05, 0.1) is 0 Å². The van der Waals surface area contributed by atoms with Crippen molar-refractivity contribution in [3.63, 3.8) is 0 Å². The lowest BCUT2D eigenvalue weighted by Crippen LogP contribution is -2.68. The van der Waals surface area contributed by atoms with E-state index in [1.54, 1.807) is 0 Å². The van der Waals surface area contributed by atoms with E-state index < -0.39 is 8.56 Å². The zero-order chi connectivity index (χ0) is 8.20. The summed E-state index contributed by atoms with van der Waals surface area (Å²) in [5, 5.41) is 0. The van der Waals surface area contributed by atoms with E-state index in [9.17, 15) is 0 Å². The summed E-state index contributed by atoms with van der Waals surface area (Å²) in [5.74, 6) is 0. The van der Waals surface area contributed by atoms with Crippen LogP contribution in [0.1, 0.15) is 6.92 Å². The zero-order valence-corrected chi connectivity index (χ0v) is 8.65. The molecular formula is C6H19N3Si. The molecule has 3 nitrogen and oxygen atoms in total. The normalized spacial score (nSPS) is 12.6. The molecule has 0 bridgehead atoms. The summed E-state index contributed by atoms with van der Waals surface area (Å²) in [4.78, 5) is 6.74. The lowest BCUT2D eigenvalue weighted by molar-refractivity contribution is 0.569. The summed E-state index contributed by atoms with van der Waals surface area (Å²) in [6.07, 6.45) is 0. The van der Waals surface area contributed by atoms with Crippen LogP contribution < -0.4 is 9.96 Å². The Kier molecular flexibility index (Phi) is 4.11. The van der Waals surface area contributed by atoms with Gasteiger partial charge in [0.15, 0.2) is 0 Å². The Balaban J connectivity index is 4.15. The van der Waals surface area contributed by atoms with Gasteiger partial charge in [0.1, 0.15) is 0 Å². The van der Waals surface area contributed by atoms with Crippen molar-refractivity contribution in [3.05, 3.63) is 0 Å². The molecule has 10 heavy (non-hydrogen) atoms. The Labute approximate surface area is 65.0 Å². The topological polar surface area (TPSA) is 27.3 Å². The first-order chi connectivity index (χ1) is 4.63. The van der Waals surface area contributed by atoms with Gasteiger partial charge in [0.25, 0.3) is 8.56 Å². The van der Waals surface area contributed by atoms with E-state index in [0.29, 0.717) is 0 Å². The highest BCUT2D eigenvalue weighted by Gasteiger charge is 2.30. The number of nitrogens with one attached hydrogen (secondary N) is 2. The molecule has 0 saturated carbocycles. The van der Waals surface area contributed by atoms with Crippen molar-refractivity contribution in [1.29, 1.82) is 0 Å².